The standard InChI is InChI=1S/C18H36N2O/c1-6-18(7-2)10-11-20(14-18)13-16-9-8-15(21-16)12-19-17(3,4)5/h15-16,19H,6-14H2,1-5H3. The Labute approximate surface area is 131 Å². The molecule has 0 aliphatic carbocycles. The molecule has 0 aromatic rings. The third-order valence-electron chi connectivity index (χ3n) is 5.53. The second kappa shape index (κ2) is 6.97. The van der Waals surface area contributed by atoms with Gasteiger partial charge in [-0.1, -0.05) is 13.8 Å². The summed E-state index contributed by atoms with van der Waals surface area (Å²) in [5.74, 6) is 0. The maximum Gasteiger partial charge on any atom is 0.0707 e. The van der Waals surface area contributed by atoms with Crippen LogP contribution in [-0.4, -0.2) is 48.8 Å². The van der Waals surface area contributed by atoms with Crippen molar-refractivity contribution in [1.82, 2.24) is 10.2 Å². The Morgan fingerprint density at radius 1 is 1.14 bits per heavy atom. The van der Waals surface area contributed by atoms with Gasteiger partial charge in [-0.05, 0) is 64.8 Å². The fraction of sp³-hybridized carbons (Fsp3) is 1.00. The summed E-state index contributed by atoms with van der Waals surface area (Å²) in [6, 6.07) is 0. The SMILES string of the molecule is CCC1(CC)CCN(CC2CCC(CNC(C)(C)C)O2)C1. The summed E-state index contributed by atoms with van der Waals surface area (Å²) in [5, 5.41) is 3.57. The second-order valence-electron chi connectivity index (χ2n) is 8.28. The molecule has 2 aliphatic heterocycles. The minimum atomic E-state index is 0.193. The van der Waals surface area contributed by atoms with Gasteiger partial charge in [0.05, 0.1) is 12.2 Å². The summed E-state index contributed by atoms with van der Waals surface area (Å²) in [7, 11) is 0. The Morgan fingerprint density at radius 3 is 2.38 bits per heavy atom. The van der Waals surface area contributed by atoms with Crippen LogP contribution in [0.15, 0.2) is 0 Å². The quantitative estimate of drug-likeness (QED) is 0.812. The van der Waals surface area contributed by atoms with Crippen molar-refractivity contribution in [2.45, 2.75) is 84.5 Å². The first-order chi connectivity index (χ1) is 9.86. The van der Waals surface area contributed by atoms with Gasteiger partial charge in [-0.15, -0.1) is 0 Å². The second-order valence-corrected chi connectivity index (χ2v) is 8.28. The summed E-state index contributed by atoms with van der Waals surface area (Å²) >= 11 is 0. The Hall–Kier alpha value is -0.120. The van der Waals surface area contributed by atoms with E-state index >= 15 is 0 Å². The van der Waals surface area contributed by atoms with Crippen molar-refractivity contribution in [3.63, 3.8) is 0 Å². The molecule has 2 atom stereocenters. The van der Waals surface area contributed by atoms with Crippen LogP contribution in [0.2, 0.25) is 0 Å². The highest BCUT2D eigenvalue weighted by atomic mass is 16.5. The van der Waals surface area contributed by atoms with Crippen molar-refractivity contribution in [2.24, 2.45) is 5.41 Å². The van der Waals surface area contributed by atoms with E-state index < -0.39 is 0 Å². The molecular formula is C18H36N2O. The highest BCUT2D eigenvalue weighted by molar-refractivity contribution is 4.90. The van der Waals surface area contributed by atoms with Gasteiger partial charge in [0.2, 0.25) is 0 Å². The van der Waals surface area contributed by atoms with Crippen molar-refractivity contribution >= 4 is 0 Å². The molecule has 21 heavy (non-hydrogen) atoms. The Kier molecular flexibility index (Phi) is 5.72. The Balaban J connectivity index is 1.71. The molecule has 0 bridgehead atoms. The van der Waals surface area contributed by atoms with E-state index in [1.165, 1.54) is 45.2 Å². The van der Waals surface area contributed by atoms with E-state index in [2.05, 4.69) is 44.8 Å². The molecule has 2 saturated heterocycles. The molecule has 3 heteroatoms. The van der Waals surface area contributed by atoms with Crippen LogP contribution in [0.1, 0.15) is 66.7 Å². The van der Waals surface area contributed by atoms with Crippen LogP contribution in [0.3, 0.4) is 0 Å². The molecule has 0 radical (unpaired) electrons. The van der Waals surface area contributed by atoms with Gasteiger partial charge in [-0.25, -0.2) is 0 Å². The fourth-order valence-electron chi connectivity index (χ4n) is 3.78. The molecule has 2 heterocycles. The van der Waals surface area contributed by atoms with Gasteiger partial charge in [-0.3, -0.25) is 0 Å². The van der Waals surface area contributed by atoms with Crippen LogP contribution in [0.4, 0.5) is 0 Å². The van der Waals surface area contributed by atoms with Crippen molar-refractivity contribution in [1.29, 1.82) is 0 Å². The van der Waals surface area contributed by atoms with Crippen molar-refractivity contribution in [3.8, 4) is 0 Å². The lowest BCUT2D eigenvalue weighted by atomic mass is 9.82. The molecule has 0 saturated carbocycles. The van der Waals surface area contributed by atoms with Crippen molar-refractivity contribution < 1.29 is 4.74 Å². The summed E-state index contributed by atoms with van der Waals surface area (Å²) in [5.41, 5.74) is 0.782. The molecule has 0 aromatic heterocycles. The average molecular weight is 296 g/mol. The summed E-state index contributed by atoms with van der Waals surface area (Å²) in [4.78, 5) is 2.65. The number of rotatable bonds is 6. The van der Waals surface area contributed by atoms with Crippen LogP contribution in [0.5, 0.6) is 0 Å². The zero-order valence-corrected chi connectivity index (χ0v) is 14.9. The Morgan fingerprint density at radius 2 is 1.81 bits per heavy atom. The number of ether oxygens (including phenoxy) is 1. The number of hydrogen-bond donors (Lipinski definition) is 1. The molecular weight excluding hydrogens is 260 g/mol. The molecule has 0 aromatic carbocycles. The van der Waals surface area contributed by atoms with E-state index in [9.17, 15) is 0 Å². The molecule has 2 unspecified atom stereocenters. The van der Waals surface area contributed by atoms with Gasteiger partial charge in [0.1, 0.15) is 0 Å². The lowest BCUT2D eigenvalue weighted by molar-refractivity contribution is 0.0228. The molecule has 0 amide bonds. The predicted octanol–water partition coefficient (Wildman–Crippen LogP) is 3.43. The van der Waals surface area contributed by atoms with Crippen LogP contribution in [0, 0.1) is 5.41 Å². The highest BCUT2D eigenvalue weighted by Gasteiger charge is 2.37. The van der Waals surface area contributed by atoms with E-state index in [-0.39, 0.29) is 5.54 Å². The smallest absolute Gasteiger partial charge is 0.0707 e. The third kappa shape index (κ3) is 4.94. The number of hydrogen-bond acceptors (Lipinski definition) is 3. The molecule has 2 fully saturated rings. The maximum absolute atomic E-state index is 6.25. The predicted molar refractivity (Wildman–Crippen MR) is 89.7 cm³/mol. The van der Waals surface area contributed by atoms with Gasteiger partial charge in [0.15, 0.2) is 0 Å². The zero-order chi connectivity index (χ0) is 15.5. The maximum atomic E-state index is 6.25. The normalized spacial score (nSPS) is 30.1. The number of nitrogens with zero attached hydrogens (tertiary/aromatic N) is 1. The average Bonchev–Trinajstić information content (AvgIpc) is 3.04. The molecule has 0 spiro atoms. The topological polar surface area (TPSA) is 24.5 Å². The van der Waals surface area contributed by atoms with Gasteiger partial charge in [0.25, 0.3) is 0 Å². The lowest BCUT2D eigenvalue weighted by Gasteiger charge is -2.28. The van der Waals surface area contributed by atoms with E-state index in [0.29, 0.717) is 17.6 Å². The van der Waals surface area contributed by atoms with E-state index in [4.69, 9.17) is 4.74 Å². The summed E-state index contributed by atoms with van der Waals surface area (Å²) in [6.07, 6.45) is 7.35. The molecule has 1 N–H and O–H groups in total. The van der Waals surface area contributed by atoms with E-state index in [1.54, 1.807) is 0 Å². The third-order valence-corrected chi connectivity index (χ3v) is 5.53. The van der Waals surface area contributed by atoms with Crippen LogP contribution >= 0.6 is 0 Å². The van der Waals surface area contributed by atoms with E-state index in [1.807, 2.05) is 0 Å². The van der Waals surface area contributed by atoms with Crippen LogP contribution < -0.4 is 5.32 Å². The number of likely N-dealkylation sites (tertiary alicyclic amines) is 1. The zero-order valence-electron chi connectivity index (χ0n) is 14.9. The molecule has 2 rings (SSSR count). The number of nitrogens with one attached hydrogen (secondary N) is 1. The molecule has 3 nitrogen and oxygen atoms in total. The largest absolute Gasteiger partial charge is 0.372 e. The monoisotopic (exact) mass is 296 g/mol. The van der Waals surface area contributed by atoms with E-state index in [0.717, 1.165) is 13.1 Å². The van der Waals surface area contributed by atoms with Crippen molar-refractivity contribution in [2.75, 3.05) is 26.2 Å². The van der Waals surface area contributed by atoms with Crippen molar-refractivity contribution in [3.05, 3.63) is 0 Å². The first-order valence-electron chi connectivity index (χ1n) is 8.99. The van der Waals surface area contributed by atoms with Gasteiger partial charge < -0.3 is 15.0 Å². The Bertz CT molecular complexity index is 320. The van der Waals surface area contributed by atoms with Crippen LogP contribution in [0.25, 0.3) is 0 Å². The molecule has 124 valence electrons. The summed E-state index contributed by atoms with van der Waals surface area (Å²) in [6.45, 7) is 16.1. The highest BCUT2D eigenvalue weighted by Crippen LogP contribution is 2.37. The van der Waals surface area contributed by atoms with Gasteiger partial charge in [-0.2, -0.15) is 0 Å². The van der Waals surface area contributed by atoms with Gasteiger partial charge >= 0.3 is 0 Å². The lowest BCUT2D eigenvalue weighted by Crippen LogP contribution is -2.41. The fourth-order valence-corrected chi connectivity index (χ4v) is 3.78. The van der Waals surface area contributed by atoms with Crippen LogP contribution in [-0.2, 0) is 4.74 Å². The van der Waals surface area contributed by atoms with Gasteiger partial charge in [0, 0.05) is 25.2 Å². The minimum Gasteiger partial charge on any atom is -0.372 e. The first-order valence-corrected chi connectivity index (χ1v) is 8.99. The first kappa shape index (κ1) is 17.2. The summed E-state index contributed by atoms with van der Waals surface area (Å²) < 4.78 is 6.25. The molecule has 2 aliphatic rings. The minimum absolute atomic E-state index is 0.193.